The number of nitro benzene ring substituents is 1. The molecule has 368 valence electrons. The van der Waals surface area contributed by atoms with Crippen LogP contribution < -0.4 is 15.2 Å². The van der Waals surface area contributed by atoms with Crippen LogP contribution in [0.4, 0.5) is 56.9 Å². The molecule has 0 aromatic heterocycles. The molecule has 0 saturated carbocycles. The van der Waals surface area contributed by atoms with E-state index in [0.29, 0.717) is 12.1 Å². The molecule has 7 aromatic rings. The van der Waals surface area contributed by atoms with Gasteiger partial charge in [0.2, 0.25) is 0 Å². The summed E-state index contributed by atoms with van der Waals surface area (Å²) in [4.78, 5) is 29.4. The summed E-state index contributed by atoms with van der Waals surface area (Å²) < 4.78 is 117. The molecular formula is C41H28N10O18S3. The van der Waals surface area contributed by atoms with Crippen LogP contribution >= 0.6 is 0 Å². The third-order valence-corrected chi connectivity index (χ3v) is 12.6. The second-order valence-corrected chi connectivity index (χ2v) is 18.4. The first-order valence-electron chi connectivity index (χ1n) is 19.3. The first-order chi connectivity index (χ1) is 33.9. The van der Waals surface area contributed by atoms with Crippen LogP contribution in [0, 0.1) is 10.1 Å². The number of aromatic hydroxyl groups is 2. The van der Waals surface area contributed by atoms with Crippen LogP contribution in [0.15, 0.2) is 153 Å². The van der Waals surface area contributed by atoms with Crippen molar-refractivity contribution in [2.45, 2.75) is 14.7 Å². The van der Waals surface area contributed by atoms with Crippen molar-refractivity contribution < 1.29 is 78.2 Å². The Labute approximate surface area is 402 Å². The molecule has 8 N–H and O–H groups in total. The van der Waals surface area contributed by atoms with Crippen LogP contribution in [-0.4, -0.2) is 78.7 Å². The third kappa shape index (κ3) is 10.5. The third-order valence-electron chi connectivity index (χ3n) is 9.89. The maximum absolute atomic E-state index is 13.0. The van der Waals surface area contributed by atoms with Crippen molar-refractivity contribution in [1.29, 1.82) is 0 Å². The van der Waals surface area contributed by atoms with Crippen molar-refractivity contribution in [3.05, 3.63) is 113 Å². The zero-order chi connectivity index (χ0) is 52.4. The lowest BCUT2D eigenvalue weighted by Gasteiger charge is -2.13. The number of methoxy groups -OCH3 is 1. The van der Waals surface area contributed by atoms with E-state index < -0.39 is 106 Å². The van der Waals surface area contributed by atoms with Crippen LogP contribution in [-0.2, 0) is 35.1 Å². The van der Waals surface area contributed by atoms with E-state index in [4.69, 9.17) is 15.2 Å². The second kappa shape index (κ2) is 19.6. The van der Waals surface area contributed by atoms with E-state index in [9.17, 15) is 73.9 Å². The van der Waals surface area contributed by atoms with Gasteiger partial charge in [-0.15, -0.1) is 30.7 Å². The Bertz CT molecular complexity index is 3930. The maximum Gasteiger partial charge on any atom is 0.335 e. The number of nitrogens with two attached hydrogens (primary N) is 1. The van der Waals surface area contributed by atoms with Gasteiger partial charge in [0.15, 0.2) is 23.0 Å². The fraction of sp³-hybridized carbons (Fsp3) is 0.0244. The molecular weight excluding hydrogens is 1020 g/mol. The van der Waals surface area contributed by atoms with Gasteiger partial charge < -0.3 is 30.5 Å². The summed E-state index contributed by atoms with van der Waals surface area (Å²) in [7, 11) is -14.9. The zero-order valence-electron chi connectivity index (χ0n) is 35.7. The van der Waals surface area contributed by atoms with Gasteiger partial charge in [0.1, 0.15) is 48.8 Å². The highest BCUT2D eigenvalue weighted by Gasteiger charge is 2.29. The quantitative estimate of drug-likeness (QED) is 0.0118. The number of nitro groups is 1. The average molecular weight is 1040 g/mol. The number of non-ortho nitro benzene ring substituents is 1. The summed E-state index contributed by atoms with van der Waals surface area (Å²) in [6.07, 6.45) is 0. The van der Waals surface area contributed by atoms with E-state index in [-0.39, 0.29) is 63.0 Å². The Hall–Kier alpha value is -9.27. The number of nitrogen functional groups attached to an aromatic ring is 1. The highest BCUT2D eigenvalue weighted by atomic mass is 32.2. The number of aromatic carboxylic acids is 1. The Morgan fingerprint density at radius 1 is 0.611 bits per heavy atom. The number of hydrogen-bond donors (Lipinski definition) is 7. The highest BCUT2D eigenvalue weighted by Crippen LogP contribution is 2.48. The molecule has 0 radical (unpaired) electrons. The number of hydrogen-bond acceptors (Lipinski definition) is 23. The van der Waals surface area contributed by atoms with Crippen molar-refractivity contribution in [2.24, 2.45) is 40.9 Å². The number of benzene rings is 7. The van der Waals surface area contributed by atoms with Gasteiger partial charge in [0.05, 0.1) is 46.1 Å². The molecule has 0 heterocycles. The molecule has 0 atom stereocenters. The second-order valence-electron chi connectivity index (χ2n) is 14.3. The lowest BCUT2D eigenvalue weighted by Crippen LogP contribution is -2.03. The molecule has 0 saturated heterocycles. The van der Waals surface area contributed by atoms with Crippen LogP contribution in [0.5, 0.6) is 23.0 Å². The SMILES string of the molecule is COc1cc([N+](=O)[O-])ccc1N=Nc1ccc2c(S(=O)(=O)O)cc(N=Nc3ccc4c(O)c(N=Nc5ccc(N=Nc6cc(C(=O)O)ccc6OC=O)cc5)c(S(=O)(=O)O)cc4c3S(=O)(=O)O)c(N)c2c1O. The lowest BCUT2D eigenvalue weighted by molar-refractivity contribution is -0.384. The van der Waals surface area contributed by atoms with Crippen molar-refractivity contribution >= 4 is 121 Å². The zero-order valence-corrected chi connectivity index (χ0v) is 38.2. The topological polar surface area (TPSA) is 444 Å². The smallest absolute Gasteiger partial charge is 0.335 e. The Balaban J connectivity index is 1.28. The first-order valence-corrected chi connectivity index (χ1v) is 23.6. The van der Waals surface area contributed by atoms with Gasteiger partial charge in [-0.3, -0.25) is 28.6 Å². The summed E-state index contributed by atoms with van der Waals surface area (Å²) in [6.45, 7) is 0.0986. The van der Waals surface area contributed by atoms with Gasteiger partial charge in [-0.25, -0.2) is 4.79 Å². The van der Waals surface area contributed by atoms with E-state index in [1.807, 2.05) is 0 Å². The minimum absolute atomic E-state index is 0.0241. The number of azo groups is 4. The van der Waals surface area contributed by atoms with Crippen LogP contribution in [0.2, 0.25) is 0 Å². The first kappa shape index (κ1) is 50.6. The average Bonchev–Trinajstić information content (AvgIpc) is 3.31. The Morgan fingerprint density at radius 3 is 1.78 bits per heavy atom. The number of carbonyl (C=O) groups excluding carboxylic acids is 1. The molecule has 0 amide bonds. The number of anilines is 1. The van der Waals surface area contributed by atoms with Crippen molar-refractivity contribution in [3.8, 4) is 23.0 Å². The number of carboxylic acids is 1. The molecule has 0 aliphatic rings. The molecule has 0 aliphatic carbocycles. The number of rotatable bonds is 16. The predicted octanol–water partition coefficient (Wildman–Crippen LogP) is 9.54. The fourth-order valence-corrected chi connectivity index (χ4v) is 8.81. The summed E-state index contributed by atoms with van der Waals surface area (Å²) >= 11 is 0. The summed E-state index contributed by atoms with van der Waals surface area (Å²) in [5.41, 5.74) is 2.44. The number of fused-ring (bicyclic) bond motifs is 2. The minimum atomic E-state index is -5.51. The summed E-state index contributed by atoms with van der Waals surface area (Å²) in [5.74, 6) is -3.42. The van der Waals surface area contributed by atoms with E-state index in [2.05, 4.69) is 40.9 Å². The van der Waals surface area contributed by atoms with Crippen molar-refractivity contribution in [2.75, 3.05) is 12.8 Å². The van der Waals surface area contributed by atoms with Gasteiger partial charge in [-0.1, -0.05) is 6.07 Å². The highest BCUT2D eigenvalue weighted by molar-refractivity contribution is 7.86. The van der Waals surface area contributed by atoms with Crippen LogP contribution in [0.1, 0.15) is 10.4 Å². The largest absolute Gasteiger partial charge is 0.505 e. The predicted molar refractivity (Wildman–Crippen MR) is 248 cm³/mol. The van der Waals surface area contributed by atoms with E-state index in [1.165, 1.54) is 49.6 Å². The maximum atomic E-state index is 13.0. The molecule has 0 unspecified atom stereocenters. The molecule has 28 nitrogen and oxygen atoms in total. The molecule has 31 heteroatoms. The molecule has 0 fully saturated rings. The van der Waals surface area contributed by atoms with Gasteiger partial charge in [0.25, 0.3) is 42.5 Å². The number of carbonyl (C=O) groups is 2. The molecule has 0 spiro atoms. The summed E-state index contributed by atoms with van der Waals surface area (Å²) in [6, 6.07) is 17.2. The Morgan fingerprint density at radius 2 is 1.18 bits per heavy atom. The molecule has 7 aromatic carbocycles. The van der Waals surface area contributed by atoms with Gasteiger partial charge in [-0.05, 0) is 78.9 Å². The van der Waals surface area contributed by atoms with E-state index >= 15 is 0 Å². The molecule has 7 rings (SSSR count). The fourth-order valence-electron chi connectivity index (χ4n) is 6.63. The number of ether oxygens (including phenoxy) is 2. The van der Waals surface area contributed by atoms with Gasteiger partial charge in [-0.2, -0.15) is 35.5 Å². The number of carboxylic acid groups (broad SMARTS) is 1. The van der Waals surface area contributed by atoms with Crippen molar-refractivity contribution in [3.63, 3.8) is 0 Å². The molecule has 0 aliphatic heterocycles. The summed E-state index contributed by atoms with van der Waals surface area (Å²) in [5, 5.41) is 71.9. The molecule has 0 bridgehead atoms. The van der Waals surface area contributed by atoms with E-state index in [0.717, 1.165) is 42.5 Å². The normalized spacial score (nSPS) is 12.4. The number of nitrogens with zero attached hydrogens (tertiary/aromatic N) is 9. The van der Waals surface area contributed by atoms with Crippen LogP contribution in [0.3, 0.4) is 0 Å². The lowest BCUT2D eigenvalue weighted by atomic mass is 10.1. The van der Waals surface area contributed by atoms with Crippen LogP contribution in [0.25, 0.3) is 21.5 Å². The van der Waals surface area contributed by atoms with Crippen molar-refractivity contribution in [1.82, 2.24) is 0 Å². The van der Waals surface area contributed by atoms with Gasteiger partial charge >= 0.3 is 5.97 Å². The minimum Gasteiger partial charge on any atom is -0.505 e. The number of phenolic OH excluding ortho intramolecular Hbond substituents is 2. The standard InChI is InChI=1S/C41H28N10O18S3/c1-68-32-15-22(51(57)58)7-10-26(32)45-46-27-11-9-24-33(70(59,60)61)17-30(36(42)35(24)39(27)54)49-47-28-12-8-23-25(40(28)72(65,66)67)16-34(71(62,63)64)37(38(23)53)50-44-21-5-3-20(4-6-21)43-48-29-14-19(41(55)56)2-13-31(29)69-18-52/h2-18,53-54H,42H2,1H3,(H,55,56)(H,59,60,61)(H,62,63,64)(H,65,66,67). The van der Waals surface area contributed by atoms with E-state index in [1.54, 1.807) is 0 Å². The monoisotopic (exact) mass is 1040 g/mol. The molecule has 72 heavy (non-hydrogen) atoms. The van der Waals surface area contributed by atoms with Gasteiger partial charge in [0, 0.05) is 22.2 Å². The Kier molecular flexibility index (Phi) is 13.8. The number of phenols is 2.